The standard InChI is InChI=1S/C66H122NO8P/c1-6-8-10-12-14-16-18-20-22-24-26-28-29-30-31-32-33-34-35-36-37-39-40-42-44-46-48-50-52-54-56-58-65(68)72-62-64(63-74-76(70,71)73-61-60-67(3,4)5)75-66(69)59-57-55-53-51-49-47-45-43-41-38-27-25-23-21-19-17-15-13-11-9-7-2/h9,11,15,17,21,23,27,38,43,45,64H,6-8,10,12-14,16,18-20,22,24-26,28-37,39-42,44,46-63H2,1-5H3/b11-9-,17-15-,23-21-,38-27-,45-43-. The van der Waals surface area contributed by atoms with Crippen LogP contribution in [0.3, 0.4) is 0 Å². The van der Waals surface area contributed by atoms with Crippen LogP contribution in [0.1, 0.15) is 296 Å². The Kier molecular flexibility index (Phi) is 55.7. The number of esters is 2. The Balaban J connectivity index is 4.06. The monoisotopic (exact) mass is 1090 g/mol. The summed E-state index contributed by atoms with van der Waals surface area (Å²) in [6.45, 7) is 4.14. The summed E-state index contributed by atoms with van der Waals surface area (Å²) in [5, 5.41) is 0. The largest absolute Gasteiger partial charge is 0.756 e. The third-order valence-corrected chi connectivity index (χ3v) is 15.0. The van der Waals surface area contributed by atoms with E-state index >= 15 is 0 Å². The predicted molar refractivity (Wildman–Crippen MR) is 323 cm³/mol. The molecule has 0 N–H and O–H groups in total. The van der Waals surface area contributed by atoms with Crippen LogP contribution in [-0.4, -0.2) is 70.0 Å². The second-order valence-electron chi connectivity index (χ2n) is 22.8. The van der Waals surface area contributed by atoms with Gasteiger partial charge in [-0.3, -0.25) is 14.2 Å². The minimum Gasteiger partial charge on any atom is -0.756 e. The summed E-state index contributed by atoms with van der Waals surface area (Å²) < 4.78 is 34.2. The Morgan fingerprint density at radius 1 is 0.421 bits per heavy atom. The maximum atomic E-state index is 12.8. The van der Waals surface area contributed by atoms with Crippen molar-refractivity contribution in [1.29, 1.82) is 0 Å². The molecule has 0 fully saturated rings. The Bertz CT molecular complexity index is 1470. The van der Waals surface area contributed by atoms with E-state index in [1.54, 1.807) is 0 Å². The lowest BCUT2D eigenvalue weighted by Crippen LogP contribution is -2.37. The molecule has 76 heavy (non-hydrogen) atoms. The zero-order chi connectivity index (χ0) is 55.6. The molecule has 2 atom stereocenters. The van der Waals surface area contributed by atoms with E-state index in [1.165, 1.54) is 180 Å². The van der Waals surface area contributed by atoms with Crippen LogP contribution >= 0.6 is 7.82 Å². The lowest BCUT2D eigenvalue weighted by atomic mass is 10.0. The third-order valence-electron chi connectivity index (χ3n) is 14.1. The first kappa shape index (κ1) is 73.7. The van der Waals surface area contributed by atoms with Crippen LogP contribution in [0.4, 0.5) is 0 Å². The van der Waals surface area contributed by atoms with Crippen molar-refractivity contribution in [2.45, 2.75) is 302 Å². The van der Waals surface area contributed by atoms with Gasteiger partial charge < -0.3 is 27.9 Å². The summed E-state index contributed by atoms with van der Waals surface area (Å²) in [6, 6.07) is 0. The van der Waals surface area contributed by atoms with Gasteiger partial charge in [-0.25, -0.2) is 0 Å². The maximum Gasteiger partial charge on any atom is 0.306 e. The molecule has 0 bridgehead atoms. The molecule has 9 nitrogen and oxygen atoms in total. The molecule has 2 unspecified atom stereocenters. The predicted octanol–water partition coefficient (Wildman–Crippen LogP) is 19.6. The van der Waals surface area contributed by atoms with E-state index in [-0.39, 0.29) is 32.0 Å². The van der Waals surface area contributed by atoms with Crippen molar-refractivity contribution in [3.63, 3.8) is 0 Å². The molecule has 0 radical (unpaired) electrons. The zero-order valence-electron chi connectivity index (χ0n) is 50.5. The van der Waals surface area contributed by atoms with E-state index < -0.39 is 26.5 Å². The molecular formula is C66H122NO8P. The van der Waals surface area contributed by atoms with Crippen molar-refractivity contribution in [2.24, 2.45) is 0 Å². The SMILES string of the molecule is CC/C=C\C/C=C\C/C=C\C/C=C\C/C=C\CCCCCCCC(=O)OC(COC(=O)CCCCCCCCCCCCCCCCCCCCCCCCCCCCCCCCC)COP(=O)([O-])OCC[N+](C)(C)C. The first-order valence-corrected chi connectivity index (χ1v) is 33.5. The van der Waals surface area contributed by atoms with Gasteiger partial charge in [0.25, 0.3) is 7.82 Å². The van der Waals surface area contributed by atoms with Crippen LogP contribution in [0.5, 0.6) is 0 Å². The second kappa shape index (κ2) is 57.4. The summed E-state index contributed by atoms with van der Waals surface area (Å²) in [4.78, 5) is 37.9. The first-order chi connectivity index (χ1) is 37.0. The highest BCUT2D eigenvalue weighted by atomic mass is 31.2. The molecule has 0 heterocycles. The maximum absolute atomic E-state index is 12.8. The number of nitrogens with zero attached hydrogens (tertiary/aromatic N) is 1. The van der Waals surface area contributed by atoms with Crippen molar-refractivity contribution < 1.29 is 42.1 Å². The highest BCUT2D eigenvalue weighted by Gasteiger charge is 2.22. The molecule has 0 amide bonds. The molecule has 0 saturated heterocycles. The van der Waals surface area contributed by atoms with Crippen LogP contribution in [0.25, 0.3) is 0 Å². The number of phosphoric acid groups is 1. The molecule has 0 aliphatic rings. The number of likely N-dealkylation sites (N-methyl/N-ethyl adjacent to an activating group) is 1. The molecule has 444 valence electrons. The summed E-state index contributed by atoms with van der Waals surface area (Å²) >= 11 is 0. The smallest absolute Gasteiger partial charge is 0.306 e. The number of allylic oxidation sites excluding steroid dienone is 10. The lowest BCUT2D eigenvalue weighted by Gasteiger charge is -2.28. The minimum atomic E-state index is -4.64. The normalized spacial score (nSPS) is 13.6. The topological polar surface area (TPSA) is 111 Å². The van der Waals surface area contributed by atoms with Crippen molar-refractivity contribution in [2.75, 3.05) is 47.5 Å². The van der Waals surface area contributed by atoms with Crippen molar-refractivity contribution in [3.05, 3.63) is 60.8 Å². The molecule has 0 spiro atoms. The van der Waals surface area contributed by atoms with Crippen molar-refractivity contribution in [1.82, 2.24) is 0 Å². The molecular weight excluding hydrogens is 966 g/mol. The Labute approximate surface area is 470 Å². The van der Waals surface area contributed by atoms with Gasteiger partial charge in [0.05, 0.1) is 27.7 Å². The first-order valence-electron chi connectivity index (χ1n) is 32.0. The van der Waals surface area contributed by atoms with Crippen molar-refractivity contribution >= 4 is 19.8 Å². The fourth-order valence-electron chi connectivity index (χ4n) is 9.16. The van der Waals surface area contributed by atoms with Gasteiger partial charge in [0.2, 0.25) is 0 Å². The number of hydrogen-bond acceptors (Lipinski definition) is 8. The Morgan fingerprint density at radius 2 is 0.750 bits per heavy atom. The molecule has 0 aromatic carbocycles. The molecule has 0 aliphatic carbocycles. The van der Waals surface area contributed by atoms with Gasteiger partial charge in [0, 0.05) is 12.8 Å². The second-order valence-corrected chi connectivity index (χ2v) is 24.2. The van der Waals surface area contributed by atoms with Gasteiger partial charge in [-0.2, -0.15) is 0 Å². The highest BCUT2D eigenvalue weighted by Crippen LogP contribution is 2.38. The van der Waals surface area contributed by atoms with Gasteiger partial charge in [-0.1, -0.05) is 286 Å². The summed E-state index contributed by atoms with van der Waals surface area (Å²) in [6.07, 6.45) is 74.4. The average molecular weight is 1090 g/mol. The van der Waals surface area contributed by atoms with Gasteiger partial charge in [-0.15, -0.1) is 0 Å². The van der Waals surface area contributed by atoms with Crippen LogP contribution in [0.2, 0.25) is 0 Å². The van der Waals surface area contributed by atoms with E-state index in [0.29, 0.717) is 17.4 Å². The number of hydrogen-bond donors (Lipinski definition) is 0. The third kappa shape index (κ3) is 60.9. The highest BCUT2D eigenvalue weighted by molar-refractivity contribution is 7.45. The summed E-state index contributed by atoms with van der Waals surface area (Å²) in [7, 11) is 1.16. The van der Waals surface area contributed by atoms with Crippen LogP contribution < -0.4 is 4.89 Å². The average Bonchev–Trinajstić information content (AvgIpc) is 3.38. The number of carbonyl (C=O) groups is 2. The molecule has 0 saturated carbocycles. The van der Waals surface area contributed by atoms with E-state index in [0.717, 1.165) is 83.5 Å². The van der Waals surface area contributed by atoms with Gasteiger partial charge in [0.15, 0.2) is 6.10 Å². The van der Waals surface area contributed by atoms with E-state index in [9.17, 15) is 19.0 Å². The number of unbranched alkanes of at least 4 members (excludes halogenated alkanes) is 35. The Morgan fingerprint density at radius 3 is 1.12 bits per heavy atom. The number of quaternary nitrogens is 1. The fourth-order valence-corrected chi connectivity index (χ4v) is 9.89. The van der Waals surface area contributed by atoms with Crippen molar-refractivity contribution in [3.8, 4) is 0 Å². The molecule has 0 aromatic heterocycles. The van der Waals surface area contributed by atoms with E-state index in [4.69, 9.17) is 18.5 Å². The van der Waals surface area contributed by atoms with Crippen LogP contribution in [0.15, 0.2) is 60.8 Å². The summed E-state index contributed by atoms with van der Waals surface area (Å²) in [5.74, 6) is -0.846. The van der Waals surface area contributed by atoms with Gasteiger partial charge >= 0.3 is 11.9 Å². The fraction of sp³-hybridized carbons (Fsp3) is 0.818. The molecule has 0 aromatic rings. The van der Waals surface area contributed by atoms with E-state index in [1.807, 2.05) is 21.1 Å². The van der Waals surface area contributed by atoms with Gasteiger partial charge in [0.1, 0.15) is 19.8 Å². The van der Waals surface area contributed by atoms with Gasteiger partial charge in [-0.05, 0) is 57.8 Å². The van der Waals surface area contributed by atoms with E-state index in [2.05, 4.69) is 74.6 Å². The quantitative estimate of drug-likeness (QED) is 0.0195. The number of carbonyl (C=O) groups excluding carboxylic acids is 2. The lowest BCUT2D eigenvalue weighted by molar-refractivity contribution is -0.870. The number of ether oxygens (including phenoxy) is 2. The minimum absolute atomic E-state index is 0.0360. The zero-order valence-corrected chi connectivity index (χ0v) is 51.3. The van der Waals surface area contributed by atoms with Crippen LogP contribution in [0, 0.1) is 0 Å². The van der Waals surface area contributed by atoms with Crippen LogP contribution in [-0.2, 0) is 32.7 Å². The molecule has 0 aliphatic heterocycles. The number of rotatable bonds is 59. The summed E-state index contributed by atoms with van der Waals surface area (Å²) in [5.41, 5.74) is 0. The number of phosphoric ester groups is 1. The molecule has 0 rings (SSSR count). The molecule has 10 heteroatoms. The Hall–Kier alpha value is -2.29.